The van der Waals surface area contributed by atoms with Gasteiger partial charge in [0.15, 0.2) is 34.1 Å². The van der Waals surface area contributed by atoms with Crippen molar-refractivity contribution in [3.63, 3.8) is 0 Å². The van der Waals surface area contributed by atoms with Crippen LogP contribution in [0, 0.1) is 5.92 Å². The summed E-state index contributed by atoms with van der Waals surface area (Å²) >= 11 is 0. The fraction of sp³-hybridized carbons (Fsp3) is 0.481. The van der Waals surface area contributed by atoms with Crippen LogP contribution in [0.2, 0.25) is 0 Å². The van der Waals surface area contributed by atoms with Gasteiger partial charge in [-0.05, 0) is 39.5 Å². The van der Waals surface area contributed by atoms with E-state index in [0.29, 0.717) is 35.8 Å². The van der Waals surface area contributed by atoms with E-state index in [0.717, 1.165) is 62.5 Å². The number of unbranched alkanes of at least 4 members (excludes halogenated alkanes) is 10. The van der Waals surface area contributed by atoms with Crippen molar-refractivity contribution in [2.45, 2.75) is 148 Å². The molecule has 0 spiro atoms. The molecule has 2 N–H and O–H groups in total. The maximum atomic E-state index is 13.0. The number of rotatable bonds is 22. The van der Waals surface area contributed by atoms with Crippen molar-refractivity contribution in [2.75, 3.05) is 13.1 Å². The second-order valence-electron chi connectivity index (χ2n) is 17.5. The lowest BCUT2D eigenvalue weighted by atomic mass is 9.76. The molecule has 2 atom stereocenters. The summed E-state index contributed by atoms with van der Waals surface area (Å²) < 4.78 is 12.4. The number of amides is 2. The molecule has 6 rings (SSSR count). The minimum Gasteiger partial charge on any atom is -0.477 e. The lowest BCUT2D eigenvalue weighted by Crippen LogP contribution is -2.42. The van der Waals surface area contributed by atoms with Crippen LogP contribution in [0.3, 0.4) is 0 Å². The van der Waals surface area contributed by atoms with Gasteiger partial charge >= 0.3 is 12.2 Å². The predicted molar refractivity (Wildman–Crippen MR) is 259 cm³/mol. The van der Waals surface area contributed by atoms with Gasteiger partial charge < -0.3 is 20.1 Å². The average molecular weight is 903 g/mol. The number of nitrogens with zero attached hydrogens (tertiary/aromatic N) is 2. The monoisotopic (exact) mass is 903 g/mol. The summed E-state index contributed by atoms with van der Waals surface area (Å²) in [5.41, 5.74) is 0.755. The quantitative estimate of drug-likeness (QED) is 0.0437. The Morgan fingerprint density at radius 2 is 1.00 bits per heavy atom. The van der Waals surface area contributed by atoms with Crippen molar-refractivity contribution in [1.29, 1.82) is 0 Å². The Bertz CT molecular complexity index is 2130. The van der Waals surface area contributed by atoms with Gasteiger partial charge in [-0.1, -0.05) is 199 Å². The van der Waals surface area contributed by atoms with E-state index >= 15 is 0 Å². The number of ketones is 2. The molecule has 66 heavy (non-hydrogen) atoms. The fourth-order valence-corrected chi connectivity index (χ4v) is 8.36. The molecule has 2 heterocycles. The van der Waals surface area contributed by atoms with E-state index in [1.165, 1.54) is 69.9 Å². The number of ether oxygens (including phenoxy) is 2. The molecule has 3 aliphatic rings. The molecule has 1 aliphatic carbocycles. The molecule has 12 heteroatoms. The Balaban J connectivity index is 0.000000247. The van der Waals surface area contributed by atoms with Gasteiger partial charge in [0.2, 0.25) is 11.6 Å². The second-order valence-corrected chi connectivity index (χ2v) is 17.5. The van der Waals surface area contributed by atoms with Crippen molar-refractivity contribution in [2.24, 2.45) is 16.2 Å². The topological polar surface area (TPSA) is 154 Å². The van der Waals surface area contributed by atoms with Gasteiger partial charge in [-0.15, -0.1) is 0 Å². The first kappa shape index (κ1) is 51.0. The average Bonchev–Trinajstić information content (AvgIpc) is 3.83. The molecule has 354 valence electrons. The molecule has 1 saturated carbocycles. The van der Waals surface area contributed by atoms with Crippen molar-refractivity contribution in [3.05, 3.63) is 131 Å². The molecule has 3 aromatic carbocycles. The van der Waals surface area contributed by atoms with Gasteiger partial charge in [-0.25, -0.2) is 9.59 Å². The molecule has 3 aromatic rings. The number of carbonyl (C=O) groups is 4. The molecule has 12 nitrogen and oxygen atoms in total. The Hall–Kier alpha value is -6.04. The Morgan fingerprint density at radius 3 is 1.48 bits per heavy atom. The second kappa shape index (κ2) is 26.8. The third-order valence-electron chi connectivity index (χ3n) is 12.4. The summed E-state index contributed by atoms with van der Waals surface area (Å²) in [6, 6.07) is 27.9. The molecule has 2 amide bonds. The highest BCUT2D eigenvalue weighted by Gasteiger charge is 2.48. The first-order valence-electron chi connectivity index (χ1n) is 24.2. The van der Waals surface area contributed by atoms with Crippen molar-refractivity contribution in [1.82, 2.24) is 10.6 Å². The van der Waals surface area contributed by atoms with E-state index in [-0.39, 0.29) is 23.2 Å². The number of nitrogens with one attached hydrogen (secondary N) is 2. The summed E-state index contributed by atoms with van der Waals surface area (Å²) in [7, 11) is 0. The summed E-state index contributed by atoms with van der Waals surface area (Å²) in [4.78, 5) is 60.5. The highest BCUT2D eigenvalue weighted by Crippen LogP contribution is 2.41. The highest BCUT2D eigenvalue weighted by molar-refractivity contribution is 6.17. The molecule has 0 bridgehead atoms. The van der Waals surface area contributed by atoms with Crippen LogP contribution in [0.15, 0.2) is 125 Å². The SMILES string of the molecule is CCCCCCCCNC(=O)O/N=C(\C1=CC(=O)C(C)(C2CCCCC2)O1)c1ccccc1.CCCCCCCCNC(=O)O/N=C(\C1=CC(=O)C(C)(c2ccccc2)O1)c1ccccc1. The van der Waals surface area contributed by atoms with Crippen LogP contribution < -0.4 is 10.6 Å². The smallest absolute Gasteiger partial charge is 0.433 e. The molecule has 0 radical (unpaired) electrons. The number of allylic oxidation sites excluding steroid dienone is 2. The Kier molecular flexibility index (Phi) is 20.7. The number of oxime groups is 2. The maximum Gasteiger partial charge on any atom is 0.433 e. The minimum absolute atomic E-state index is 0.0412. The van der Waals surface area contributed by atoms with Crippen LogP contribution in [-0.2, 0) is 34.3 Å². The summed E-state index contributed by atoms with van der Waals surface area (Å²) in [6.45, 7) is 9.08. The molecule has 2 unspecified atom stereocenters. The van der Waals surface area contributed by atoms with Gasteiger partial charge in [0.25, 0.3) is 0 Å². The van der Waals surface area contributed by atoms with Crippen molar-refractivity contribution in [3.8, 4) is 0 Å². The number of hydrogen-bond acceptors (Lipinski definition) is 10. The van der Waals surface area contributed by atoms with Gasteiger partial charge in [0.1, 0.15) is 0 Å². The van der Waals surface area contributed by atoms with E-state index in [4.69, 9.17) is 19.1 Å². The van der Waals surface area contributed by atoms with Crippen LogP contribution in [0.1, 0.15) is 154 Å². The first-order valence-corrected chi connectivity index (χ1v) is 24.2. The Morgan fingerprint density at radius 1 is 0.576 bits per heavy atom. The fourth-order valence-electron chi connectivity index (χ4n) is 8.36. The summed E-state index contributed by atoms with van der Waals surface area (Å²) in [6.07, 6.45) is 20.8. The predicted octanol–water partition coefficient (Wildman–Crippen LogP) is 12.2. The zero-order chi connectivity index (χ0) is 47.0. The Labute approximate surface area is 391 Å². The lowest BCUT2D eigenvalue weighted by Gasteiger charge is -2.35. The van der Waals surface area contributed by atoms with Gasteiger partial charge in [-0.3, -0.25) is 19.3 Å². The first-order chi connectivity index (χ1) is 32.1. The van der Waals surface area contributed by atoms with E-state index in [2.05, 4.69) is 34.8 Å². The molecule has 1 fully saturated rings. The largest absolute Gasteiger partial charge is 0.477 e. The highest BCUT2D eigenvalue weighted by atomic mass is 16.7. The number of benzene rings is 3. The molecule has 0 saturated heterocycles. The van der Waals surface area contributed by atoms with Crippen LogP contribution in [0.5, 0.6) is 0 Å². The van der Waals surface area contributed by atoms with Crippen LogP contribution in [0.4, 0.5) is 9.59 Å². The van der Waals surface area contributed by atoms with E-state index < -0.39 is 23.4 Å². The van der Waals surface area contributed by atoms with Crippen molar-refractivity contribution >= 4 is 35.2 Å². The van der Waals surface area contributed by atoms with Crippen LogP contribution >= 0.6 is 0 Å². The number of hydrogen-bond donors (Lipinski definition) is 2. The molecule has 2 aliphatic heterocycles. The van der Waals surface area contributed by atoms with E-state index in [9.17, 15) is 19.2 Å². The molecular formula is C54H70N4O8. The zero-order valence-corrected chi connectivity index (χ0v) is 39.5. The molecular weight excluding hydrogens is 833 g/mol. The van der Waals surface area contributed by atoms with Gasteiger partial charge in [-0.2, -0.15) is 0 Å². The zero-order valence-electron chi connectivity index (χ0n) is 39.5. The normalized spacial score (nSPS) is 19.7. The molecule has 0 aromatic heterocycles. The van der Waals surface area contributed by atoms with Gasteiger partial charge in [0.05, 0.1) is 0 Å². The van der Waals surface area contributed by atoms with Gasteiger partial charge in [0, 0.05) is 47.8 Å². The standard InChI is InChI=1S/C27H38N2O4.C27H32N2O4/c2*1-3-4-5-6-7-14-19-28-26(31)33-29-25(21-15-10-8-11-16-21)23-20-24(30)27(2,32-23)22-17-12-9-13-18-22/h8,10-11,15-16,20,22H,3-7,9,12-14,17-19H2,1-2H3,(H,28,31);8-13,15-18,20H,3-7,14,19H2,1-2H3,(H,28,31)/b2*29-25-. The minimum atomic E-state index is -1.16. The third-order valence-corrected chi connectivity index (χ3v) is 12.4. The third kappa shape index (κ3) is 15.0. The van der Waals surface area contributed by atoms with Crippen molar-refractivity contribution < 1.29 is 38.3 Å². The maximum absolute atomic E-state index is 13.0. The summed E-state index contributed by atoms with van der Waals surface area (Å²) in [5, 5.41) is 13.7. The summed E-state index contributed by atoms with van der Waals surface area (Å²) in [5.74, 6) is 0.579. The number of carbonyl (C=O) groups excluding carboxylic acids is 4. The van der Waals surface area contributed by atoms with Crippen LogP contribution in [-0.4, -0.2) is 53.9 Å². The van der Waals surface area contributed by atoms with E-state index in [1.807, 2.05) is 97.9 Å². The van der Waals surface area contributed by atoms with Crippen LogP contribution in [0.25, 0.3) is 0 Å². The lowest BCUT2D eigenvalue weighted by molar-refractivity contribution is -0.134. The van der Waals surface area contributed by atoms with E-state index in [1.54, 1.807) is 6.92 Å².